The van der Waals surface area contributed by atoms with Crippen molar-refractivity contribution in [3.05, 3.63) is 59.8 Å². The van der Waals surface area contributed by atoms with Crippen molar-refractivity contribution in [1.29, 1.82) is 0 Å². The second-order valence-corrected chi connectivity index (χ2v) is 5.72. The van der Waals surface area contributed by atoms with E-state index in [-0.39, 0.29) is 13.0 Å². The number of rotatable bonds is 7. The number of alkyl carbamates (subject to hydrolysis) is 1. The van der Waals surface area contributed by atoms with Crippen molar-refractivity contribution >= 4 is 17.9 Å². The Morgan fingerprint density at radius 2 is 1.92 bits per heavy atom. The number of carbonyl (C=O) groups is 2. The molecule has 0 radical (unpaired) electrons. The summed E-state index contributed by atoms with van der Waals surface area (Å²) >= 11 is 0. The Morgan fingerprint density at radius 1 is 1.20 bits per heavy atom. The normalized spacial score (nSPS) is 11.4. The van der Waals surface area contributed by atoms with Crippen LogP contribution in [0.4, 0.5) is 10.6 Å². The van der Waals surface area contributed by atoms with Crippen LogP contribution in [-0.4, -0.2) is 42.3 Å². The number of amides is 1. The lowest BCUT2D eigenvalue weighted by molar-refractivity contribution is -0.139. The van der Waals surface area contributed by atoms with Crippen molar-refractivity contribution < 1.29 is 19.4 Å². The molecule has 0 spiro atoms. The van der Waals surface area contributed by atoms with Crippen LogP contribution in [0, 0.1) is 0 Å². The number of pyridine rings is 1. The molecule has 1 amide bonds. The smallest absolute Gasteiger partial charge is 0.408 e. The molecule has 0 saturated heterocycles. The van der Waals surface area contributed by atoms with Crippen LogP contribution in [0.25, 0.3) is 0 Å². The fraction of sp³-hybridized carbons (Fsp3) is 0.278. The third kappa shape index (κ3) is 5.80. The van der Waals surface area contributed by atoms with Gasteiger partial charge in [-0.15, -0.1) is 0 Å². The standard InChI is InChI=1S/C18H21N3O4/c1-21(2)16-11-14(8-9-19-16)10-15(17(22)23)20-18(24)25-12-13-6-4-3-5-7-13/h3-9,11,15H,10,12H2,1-2H3,(H,20,24)(H,22,23). The molecule has 0 fully saturated rings. The van der Waals surface area contributed by atoms with Crippen molar-refractivity contribution in [2.45, 2.75) is 19.1 Å². The molecule has 0 bridgehead atoms. The Labute approximate surface area is 146 Å². The van der Waals surface area contributed by atoms with Crippen LogP contribution in [-0.2, 0) is 22.6 Å². The van der Waals surface area contributed by atoms with Crippen molar-refractivity contribution in [3.63, 3.8) is 0 Å². The Bertz CT molecular complexity index is 719. The van der Waals surface area contributed by atoms with Gasteiger partial charge in [0.25, 0.3) is 0 Å². The van der Waals surface area contributed by atoms with Crippen LogP contribution >= 0.6 is 0 Å². The number of benzene rings is 1. The Balaban J connectivity index is 1.95. The number of carboxylic acids is 1. The maximum Gasteiger partial charge on any atom is 0.408 e. The van der Waals surface area contributed by atoms with Crippen LogP contribution in [0.5, 0.6) is 0 Å². The maximum atomic E-state index is 11.9. The largest absolute Gasteiger partial charge is 0.480 e. The van der Waals surface area contributed by atoms with Crippen LogP contribution in [0.3, 0.4) is 0 Å². The average Bonchev–Trinajstić information content (AvgIpc) is 2.60. The van der Waals surface area contributed by atoms with Crippen LogP contribution in [0.1, 0.15) is 11.1 Å². The van der Waals surface area contributed by atoms with Gasteiger partial charge < -0.3 is 20.1 Å². The average molecular weight is 343 g/mol. The predicted octanol–water partition coefficient (Wildman–Crippen LogP) is 2.07. The number of aromatic nitrogens is 1. The summed E-state index contributed by atoms with van der Waals surface area (Å²) in [7, 11) is 3.69. The van der Waals surface area contributed by atoms with Gasteiger partial charge in [-0.05, 0) is 23.3 Å². The minimum Gasteiger partial charge on any atom is -0.480 e. The SMILES string of the molecule is CN(C)c1cc(CC(NC(=O)OCc2ccccc2)C(=O)O)ccn1. The van der Waals surface area contributed by atoms with Gasteiger partial charge in [-0.2, -0.15) is 0 Å². The molecule has 25 heavy (non-hydrogen) atoms. The number of nitrogens with zero attached hydrogens (tertiary/aromatic N) is 2. The van der Waals surface area contributed by atoms with Crippen molar-refractivity contribution in [3.8, 4) is 0 Å². The molecular weight excluding hydrogens is 322 g/mol. The van der Waals surface area contributed by atoms with Gasteiger partial charge in [0, 0.05) is 26.7 Å². The molecule has 1 atom stereocenters. The third-order valence-electron chi connectivity index (χ3n) is 3.51. The van der Waals surface area contributed by atoms with E-state index in [9.17, 15) is 14.7 Å². The minimum atomic E-state index is -1.13. The summed E-state index contributed by atoms with van der Waals surface area (Å²) in [5.74, 6) is -0.409. The fourth-order valence-electron chi connectivity index (χ4n) is 2.17. The number of carbonyl (C=O) groups excluding carboxylic acids is 1. The van der Waals surface area contributed by atoms with E-state index in [0.29, 0.717) is 5.82 Å². The molecule has 0 aliphatic heterocycles. The zero-order valence-electron chi connectivity index (χ0n) is 14.2. The first-order valence-electron chi connectivity index (χ1n) is 7.78. The zero-order valence-corrected chi connectivity index (χ0v) is 14.2. The summed E-state index contributed by atoms with van der Waals surface area (Å²) < 4.78 is 5.07. The predicted molar refractivity (Wildman–Crippen MR) is 93.5 cm³/mol. The number of hydrogen-bond donors (Lipinski definition) is 2. The van der Waals surface area contributed by atoms with E-state index in [2.05, 4.69) is 10.3 Å². The molecule has 1 aromatic heterocycles. The second-order valence-electron chi connectivity index (χ2n) is 5.72. The van der Waals surface area contributed by atoms with E-state index in [1.165, 1.54) is 0 Å². The lowest BCUT2D eigenvalue weighted by Gasteiger charge is -2.16. The van der Waals surface area contributed by atoms with Crippen molar-refractivity contribution in [2.24, 2.45) is 0 Å². The van der Waals surface area contributed by atoms with Crippen molar-refractivity contribution in [1.82, 2.24) is 10.3 Å². The molecule has 0 aliphatic carbocycles. The molecule has 2 aromatic rings. The summed E-state index contributed by atoms with van der Waals surface area (Å²) in [6, 6.07) is 11.6. The molecule has 1 heterocycles. The second kappa shape index (κ2) is 8.68. The molecule has 7 nitrogen and oxygen atoms in total. The molecule has 1 unspecified atom stereocenters. The lowest BCUT2D eigenvalue weighted by Crippen LogP contribution is -2.42. The highest BCUT2D eigenvalue weighted by Crippen LogP contribution is 2.12. The topological polar surface area (TPSA) is 91.8 Å². The first-order valence-corrected chi connectivity index (χ1v) is 7.78. The quantitative estimate of drug-likeness (QED) is 0.800. The third-order valence-corrected chi connectivity index (χ3v) is 3.51. The van der Waals surface area contributed by atoms with Gasteiger partial charge in [0.15, 0.2) is 0 Å². The fourth-order valence-corrected chi connectivity index (χ4v) is 2.17. The number of hydrogen-bond acceptors (Lipinski definition) is 5. The number of aliphatic carboxylic acids is 1. The van der Waals surface area contributed by atoms with Crippen LogP contribution < -0.4 is 10.2 Å². The van der Waals surface area contributed by atoms with E-state index >= 15 is 0 Å². The number of ether oxygens (including phenoxy) is 1. The van der Waals surface area contributed by atoms with Gasteiger partial charge in [-0.1, -0.05) is 30.3 Å². The van der Waals surface area contributed by atoms with Gasteiger partial charge in [-0.25, -0.2) is 14.6 Å². The van der Waals surface area contributed by atoms with Crippen molar-refractivity contribution in [2.75, 3.05) is 19.0 Å². The van der Waals surface area contributed by atoms with E-state index in [4.69, 9.17) is 4.74 Å². The van der Waals surface area contributed by atoms with Gasteiger partial charge >= 0.3 is 12.1 Å². The number of nitrogens with one attached hydrogen (secondary N) is 1. The first kappa shape index (κ1) is 18.3. The Morgan fingerprint density at radius 3 is 2.56 bits per heavy atom. The summed E-state index contributed by atoms with van der Waals surface area (Å²) in [4.78, 5) is 29.3. The van der Waals surface area contributed by atoms with E-state index < -0.39 is 18.1 Å². The van der Waals surface area contributed by atoms with E-state index in [1.807, 2.05) is 49.3 Å². The summed E-state index contributed by atoms with van der Waals surface area (Å²) in [6.45, 7) is 0.0824. The summed E-state index contributed by atoms with van der Waals surface area (Å²) in [5.41, 5.74) is 1.59. The maximum absolute atomic E-state index is 11.9. The zero-order chi connectivity index (χ0) is 18.2. The first-order chi connectivity index (χ1) is 12.0. The highest BCUT2D eigenvalue weighted by molar-refractivity contribution is 5.80. The van der Waals surface area contributed by atoms with Gasteiger partial charge in [0.05, 0.1) is 0 Å². The highest BCUT2D eigenvalue weighted by Gasteiger charge is 2.21. The van der Waals surface area contributed by atoms with Gasteiger partial charge in [0.2, 0.25) is 0 Å². The monoisotopic (exact) mass is 343 g/mol. The molecule has 0 aliphatic rings. The highest BCUT2D eigenvalue weighted by atomic mass is 16.5. The Kier molecular flexibility index (Phi) is 6.33. The lowest BCUT2D eigenvalue weighted by atomic mass is 10.1. The number of carboxylic acid groups (broad SMARTS) is 1. The molecule has 2 N–H and O–H groups in total. The molecule has 7 heteroatoms. The molecule has 2 rings (SSSR count). The Hall–Kier alpha value is -3.09. The minimum absolute atomic E-state index is 0.0824. The molecule has 0 saturated carbocycles. The molecular formula is C18H21N3O4. The van der Waals surface area contributed by atoms with Crippen LogP contribution in [0.2, 0.25) is 0 Å². The molecule has 132 valence electrons. The van der Waals surface area contributed by atoms with Crippen LogP contribution in [0.15, 0.2) is 48.7 Å². The van der Waals surface area contributed by atoms with E-state index in [1.54, 1.807) is 18.3 Å². The van der Waals surface area contributed by atoms with Gasteiger partial charge in [-0.3, -0.25) is 0 Å². The summed E-state index contributed by atoms with van der Waals surface area (Å²) in [5, 5.41) is 11.7. The molecule has 1 aromatic carbocycles. The number of anilines is 1. The van der Waals surface area contributed by atoms with E-state index in [0.717, 1.165) is 11.1 Å². The summed E-state index contributed by atoms with van der Waals surface area (Å²) in [6.07, 6.45) is 0.981. The van der Waals surface area contributed by atoms with Gasteiger partial charge in [0.1, 0.15) is 18.5 Å².